The molecule has 0 aliphatic heterocycles. The molecule has 154 valence electrons. The quantitative estimate of drug-likeness (QED) is 0.676. The molecular weight excluding hydrogens is 392 g/mol. The predicted octanol–water partition coefficient (Wildman–Crippen LogP) is 2.85. The van der Waals surface area contributed by atoms with E-state index in [0.29, 0.717) is 11.1 Å². The van der Waals surface area contributed by atoms with Crippen molar-refractivity contribution >= 4 is 27.6 Å². The summed E-state index contributed by atoms with van der Waals surface area (Å²) in [7, 11) is -3.92. The molecule has 2 aromatic carbocycles. The highest BCUT2D eigenvalue weighted by atomic mass is 32.2. The fraction of sp³-hybridized carbons (Fsp3) is 0.333. The van der Waals surface area contributed by atoms with Crippen molar-refractivity contribution in [3.05, 3.63) is 58.7 Å². The highest BCUT2D eigenvalue weighted by Crippen LogP contribution is 2.26. The Morgan fingerprint density at radius 3 is 2.31 bits per heavy atom. The van der Waals surface area contributed by atoms with Crippen molar-refractivity contribution in [3.8, 4) is 0 Å². The Bertz CT molecular complexity index is 1040. The number of benzene rings is 2. The van der Waals surface area contributed by atoms with Gasteiger partial charge in [-0.1, -0.05) is 29.8 Å². The van der Waals surface area contributed by atoms with Gasteiger partial charge in [0.2, 0.25) is 0 Å². The Balaban J connectivity index is 1.79. The summed E-state index contributed by atoms with van der Waals surface area (Å²) in [6.07, 6.45) is 1.87. The van der Waals surface area contributed by atoms with Gasteiger partial charge < -0.3 is 10.1 Å². The molecule has 1 aliphatic rings. The maximum atomic E-state index is 13.0. The molecule has 29 heavy (non-hydrogen) atoms. The third-order valence-electron chi connectivity index (χ3n) is 4.54. The summed E-state index contributed by atoms with van der Waals surface area (Å²) in [6, 6.07) is 9.90. The van der Waals surface area contributed by atoms with Gasteiger partial charge in [0.1, 0.15) is 0 Å². The van der Waals surface area contributed by atoms with Crippen LogP contribution in [0.15, 0.2) is 41.3 Å². The number of aryl methyl sites for hydroxylation is 3. The van der Waals surface area contributed by atoms with Crippen molar-refractivity contribution in [1.29, 1.82) is 0 Å². The van der Waals surface area contributed by atoms with Crippen LogP contribution in [0.1, 0.15) is 39.9 Å². The van der Waals surface area contributed by atoms with Crippen LogP contribution in [0.25, 0.3) is 0 Å². The van der Waals surface area contributed by atoms with Crippen molar-refractivity contribution in [2.75, 3.05) is 11.3 Å². The molecule has 0 unspecified atom stereocenters. The molecule has 0 aromatic heterocycles. The summed E-state index contributed by atoms with van der Waals surface area (Å²) in [5.74, 6) is -1.14. The molecule has 0 saturated heterocycles. The van der Waals surface area contributed by atoms with Gasteiger partial charge in [-0.05, 0) is 56.9 Å². The minimum atomic E-state index is -3.92. The highest BCUT2D eigenvalue weighted by molar-refractivity contribution is 7.92. The molecule has 1 amide bonds. The Kier molecular flexibility index (Phi) is 5.93. The molecule has 0 atom stereocenters. The second kappa shape index (κ2) is 8.24. The van der Waals surface area contributed by atoms with Crippen LogP contribution >= 0.6 is 0 Å². The number of sulfonamides is 1. The maximum Gasteiger partial charge on any atom is 0.340 e. The second-order valence-corrected chi connectivity index (χ2v) is 8.92. The summed E-state index contributed by atoms with van der Waals surface area (Å²) < 4.78 is 33.5. The fourth-order valence-corrected chi connectivity index (χ4v) is 4.78. The molecule has 3 rings (SSSR count). The van der Waals surface area contributed by atoms with Crippen LogP contribution < -0.4 is 10.0 Å². The number of ether oxygens (including phenoxy) is 1. The SMILES string of the molecule is Cc1cc(C)c(S(=O)(=O)Nc2ccccc2C(=O)OCC(=O)NC2CC2)c(C)c1. The fourth-order valence-electron chi connectivity index (χ4n) is 3.24. The monoisotopic (exact) mass is 416 g/mol. The van der Waals surface area contributed by atoms with Crippen molar-refractivity contribution in [1.82, 2.24) is 5.32 Å². The summed E-state index contributed by atoms with van der Waals surface area (Å²) >= 11 is 0. The number of para-hydroxylation sites is 1. The van der Waals surface area contributed by atoms with E-state index in [1.807, 2.05) is 6.92 Å². The molecule has 0 bridgehead atoms. The van der Waals surface area contributed by atoms with Crippen LogP contribution in [-0.2, 0) is 19.6 Å². The molecule has 2 aromatic rings. The standard InChI is InChI=1S/C21H24N2O5S/c1-13-10-14(2)20(15(3)11-13)29(26,27)23-18-7-5-4-6-17(18)21(25)28-12-19(24)22-16-8-9-16/h4-7,10-11,16,23H,8-9,12H2,1-3H3,(H,22,24). The molecule has 0 radical (unpaired) electrons. The van der Waals surface area contributed by atoms with E-state index in [4.69, 9.17) is 4.74 Å². The lowest BCUT2D eigenvalue weighted by Crippen LogP contribution is -2.30. The maximum absolute atomic E-state index is 13.0. The predicted molar refractivity (Wildman–Crippen MR) is 109 cm³/mol. The number of carbonyl (C=O) groups excluding carboxylic acids is 2. The minimum Gasteiger partial charge on any atom is -0.452 e. The van der Waals surface area contributed by atoms with E-state index in [0.717, 1.165) is 18.4 Å². The third-order valence-corrected chi connectivity index (χ3v) is 6.21. The third kappa shape index (κ3) is 5.14. The van der Waals surface area contributed by atoms with Gasteiger partial charge in [0, 0.05) is 6.04 Å². The number of esters is 1. The molecule has 1 saturated carbocycles. The Morgan fingerprint density at radius 1 is 1.07 bits per heavy atom. The van der Waals surface area contributed by atoms with Gasteiger partial charge in [-0.15, -0.1) is 0 Å². The first-order valence-electron chi connectivity index (χ1n) is 9.33. The van der Waals surface area contributed by atoms with Crippen LogP contribution in [0, 0.1) is 20.8 Å². The average Bonchev–Trinajstić information content (AvgIpc) is 3.42. The summed E-state index contributed by atoms with van der Waals surface area (Å²) in [5.41, 5.74) is 2.34. The number of rotatable bonds is 7. The lowest BCUT2D eigenvalue weighted by Gasteiger charge is -2.16. The van der Waals surface area contributed by atoms with Crippen LogP contribution in [-0.4, -0.2) is 32.9 Å². The van der Waals surface area contributed by atoms with Crippen LogP contribution in [0.5, 0.6) is 0 Å². The summed E-state index contributed by atoms with van der Waals surface area (Å²) in [4.78, 5) is 24.3. The van der Waals surface area contributed by atoms with E-state index in [9.17, 15) is 18.0 Å². The second-order valence-electron chi connectivity index (χ2n) is 7.30. The lowest BCUT2D eigenvalue weighted by molar-refractivity contribution is -0.124. The Labute approximate surface area is 170 Å². The van der Waals surface area contributed by atoms with Crippen molar-refractivity contribution in [2.45, 2.75) is 44.6 Å². The topological polar surface area (TPSA) is 102 Å². The largest absolute Gasteiger partial charge is 0.452 e. The zero-order valence-electron chi connectivity index (χ0n) is 16.6. The number of carbonyl (C=O) groups is 2. The zero-order valence-corrected chi connectivity index (χ0v) is 17.4. The number of anilines is 1. The van der Waals surface area contributed by atoms with Crippen LogP contribution in [0.2, 0.25) is 0 Å². The van der Waals surface area contributed by atoms with Crippen LogP contribution in [0.4, 0.5) is 5.69 Å². The summed E-state index contributed by atoms with van der Waals surface area (Å²) in [6.45, 7) is 4.95. The van der Waals surface area contributed by atoms with Crippen molar-refractivity contribution in [3.63, 3.8) is 0 Å². The first-order chi connectivity index (χ1) is 13.7. The van der Waals surface area contributed by atoms with Gasteiger partial charge in [0.25, 0.3) is 15.9 Å². The number of nitrogens with one attached hydrogen (secondary N) is 2. The van der Waals surface area contributed by atoms with Crippen molar-refractivity contribution in [2.24, 2.45) is 0 Å². The van der Waals surface area contributed by atoms with Crippen LogP contribution in [0.3, 0.4) is 0 Å². The first kappa shape index (κ1) is 20.9. The van der Waals surface area contributed by atoms with Gasteiger partial charge in [-0.2, -0.15) is 0 Å². The molecule has 7 nitrogen and oxygen atoms in total. The van der Waals surface area contributed by atoms with E-state index in [1.165, 1.54) is 12.1 Å². The average molecular weight is 416 g/mol. The first-order valence-corrected chi connectivity index (χ1v) is 10.8. The van der Waals surface area contributed by atoms with E-state index >= 15 is 0 Å². The number of hydrogen-bond acceptors (Lipinski definition) is 5. The summed E-state index contributed by atoms with van der Waals surface area (Å²) in [5, 5.41) is 2.72. The number of hydrogen-bond donors (Lipinski definition) is 2. The lowest BCUT2D eigenvalue weighted by atomic mass is 10.1. The highest BCUT2D eigenvalue weighted by Gasteiger charge is 2.25. The smallest absolute Gasteiger partial charge is 0.340 e. The van der Waals surface area contributed by atoms with Gasteiger partial charge in [-0.3, -0.25) is 9.52 Å². The molecule has 0 spiro atoms. The van der Waals surface area contributed by atoms with E-state index in [2.05, 4.69) is 10.0 Å². The molecule has 8 heteroatoms. The molecule has 0 heterocycles. The minimum absolute atomic E-state index is 0.0396. The van der Waals surface area contributed by atoms with Gasteiger partial charge in [-0.25, -0.2) is 13.2 Å². The zero-order chi connectivity index (χ0) is 21.2. The number of amides is 1. The van der Waals surface area contributed by atoms with E-state index < -0.39 is 22.6 Å². The van der Waals surface area contributed by atoms with E-state index in [1.54, 1.807) is 38.1 Å². The molecule has 2 N–H and O–H groups in total. The van der Waals surface area contributed by atoms with Gasteiger partial charge in [0.15, 0.2) is 6.61 Å². The Hall–Kier alpha value is -2.87. The Morgan fingerprint density at radius 2 is 1.69 bits per heavy atom. The normalized spacial score (nSPS) is 13.6. The van der Waals surface area contributed by atoms with Crippen molar-refractivity contribution < 1.29 is 22.7 Å². The van der Waals surface area contributed by atoms with E-state index in [-0.39, 0.29) is 28.1 Å². The molecule has 1 fully saturated rings. The molecular formula is C21H24N2O5S. The van der Waals surface area contributed by atoms with Gasteiger partial charge in [0.05, 0.1) is 16.1 Å². The molecule has 1 aliphatic carbocycles. The van der Waals surface area contributed by atoms with Gasteiger partial charge >= 0.3 is 5.97 Å².